The Kier molecular flexibility index (Phi) is 3.43. The highest BCUT2D eigenvalue weighted by molar-refractivity contribution is 7.09. The van der Waals surface area contributed by atoms with Crippen LogP contribution in [0, 0.1) is 0 Å². The summed E-state index contributed by atoms with van der Waals surface area (Å²) in [6.45, 7) is 0.601. The van der Waals surface area contributed by atoms with Gasteiger partial charge in [-0.15, -0.1) is 11.3 Å². The lowest BCUT2D eigenvalue weighted by molar-refractivity contribution is 0.0946. The lowest BCUT2D eigenvalue weighted by Gasteiger charge is -2.05. The topological polar surface area (TPSA) is 72.9 Å². The average molecular weight is 250 g/mol. The van der Waals surface area contributed by atoms with E-state index in [9.17, 15) is 4.79 Å². The van der Waals surface area contributed by atoms with E-state index in [1.807, 2.05) is 11.4 Å². The molecular weight excluding hydrogens is 236 g/mol. The van der Waals surface area contributed by atoms with Crippen LogP contribution < -0.4 is 11.1 Å². The largest absolute Gasteiger partial charge is 0.396 e. The zero-order valence-electron chi connectivity index (χ0n) is 9.51. The zero-order valence-corrected chi connectivity index (χ0v) is 10.3. The molecule has 5 nitrogen and oxygen atoms in total. The van der Waals surface area contributed by atoms with E-state index >= 15 is 0 Å². The SMILES string of the molecule is Cn1ncc(N)c1C(=O)NCCc1cccs1. The summed E-state index contributed by atoms with van der Waals surface area (Å²) in [5.74, 6) is -0.181. The van der Waals surface area contributed by atoms with Gasteiger partial charge in [0.05, 0.1) is 11.9 Å². The molecule has 0 aliphatic rings. The van der Waals surface area contributed by atoms with E-state index in [4.69, 9.17) is 5.73 Å². The minimum absolute atomic E-state index is 0.181. The van der Waals surface area contributed by atoms with Crippen molar-refractivity contribution in [2.75, 3.05) is 12.3 Å². The molecular formula is C11H14N4OS. The molecule has 0 spiro atoms. The number of carbonyl (C=O) groups is 1. The first-order chi connectivity index (χ1) is 8.18. The third-order valence-corrected chi connectivity index (χ3v) is 3.36. The number of hydrogen-bond acceptors (Lipinski definition) is 4. The Morgan fingerprint density at radius 2 is 2.47 bits per heavy atom. The molecule has 2 rings (SSSR count). The van der Waals surface area contributed by atoms with Gasteiger partial charge in [0.15, 0.2) is 0 Å². The number of anilines is 1. The molecule has 2 aromatic heterocycles. The molecule has 90 valence electrons. The van der Waals surface area contributed by atoms with Crippen molar-refractivity contribution in [1.82, 2.24) is 15.1 Å². The molecule has 0 aliphatic carbocycles. The molecule has 0 fully saturated rings. The predicted molar refractivity (Wildman–Crippen MR) is 68.0 cm³/mol. The molecule has 0 bridgehead atoms. The van der Waals surface area contributed by atoms with E-state index in [1.165, 1.54) is 15.8 Å². The molecule has 2 heterocycles. The molecule has 0 saturated carbocycles. The Balaban J connectivity index is 1.90. The highest BCUT2D eigenvalue weighted by Crippen LogP contribution is 2.10. The first-order valence-corrected chi connectivity index (χ1v) is 6.14. The molecule has 3 N–H and O–H groups in total. The van der Waals surface area contributed by atoms with E-state index < -0.39 is 0 Å². The van der Waals surface area contributed by atoms with Crippen molar-refractivity contribution in [3.63, 3.8) is 0 Å². The molecule has 2 aromatic rings. The first-order valence-electron chi connectivity index (χ1n) is 5.26. The Morgan fingerprint density at radius 3 is 3.06 bits per heavy atom. The van der Waals surface area contributed by atoms with E-state index in [-0.39, 0.29) is 5.91 Å². The van der Waals surface area contributed by atoms with Gasteiger partial charge in [0.2, 0.25) is 0 Å². The Morgan fingerprint density at radius 1 is 1.65 bits per heavy atom. The van der Waals surface area contributed by atoms with Gasteiger partial charge in [-0.25, -0.2) is 0 Å². The van der Waals surface area contributed by atoms with Crippen LogP contribution in [-0.4, -0.2) is 22.2 Å². The summed E-state index contributed by atoms with van der Waals surface area (Å²) in [6, 6.07) is 4.05. The minimum atomic E-state index is -0.181. The van der Waals surface area contributed by atoms with Gasteiger partial charge in [-0.3, -0.25) is 9.48 Å². The van der Waals surface area contributed by atoms with Gasteiger partial charge in [0.1, 0.15) is 5.69 Å². The fraction of sp³-hybridized carbons (Fsp3) is 0.273. The van der Waals surface area contributed by atoms with Crippen molar-refractivity contribution in [3.05, 3.63) is 34.3 Å². The van der Waals surface area contributed by atoms with Crippen molar-refractivity contribution < 1.29 is 4.79 Å². The normalized spacial score (nSPS) is 10.4. The maximum Gasteiger partial charge on any atom is 0.271 e. The quantitative estimate of drug-likeness (QED) is 0.851. The van der Waals surface area contributed by atoms with Gasteiger partial charge in [0, 0.05) is 18.5 Å². The van der Waals surface area contributed by atoms with Gasteiger partial charge in [-0.05, 0) is 17.9 Å². The summed E-state index contributed by atoms with van der Waals surface area (Å²) in [7, 11) is 1.70. The Hall–Kier alpha value is -1.82. The molecule has 17 heavy (non-hydrogen) atoms. The van der Waals surface area contributed by atoms with Crippen LogP contribution in [0.2, 0.25) is 0 Å². The number of nitrogens with one attached hydrogen (secondary N) is 1. The summed E-state index contributed by atoms with van der Waals surface area (Å²) in [4.78, 5) is 13.1. The molecule has 1 amide bonds. The van der Waals surface area contributed by atoms with Crippen molar-refractivity contribution in [2.24, 2.45) is 7.05 Å². The van der Waals surface area contributed by atoms with Gasteiger partial charge in [0.25, 0.3) is 5.91 Å². The molecule has 0 aromatic carbocycles. The molecule has 0 radical (unpaired) electrons. The van der Waals surface area contributed by atoms with Crippen LogP contribution >= 0.6 is 11.3 Å². The smallest absolute Gasteiger partial charge is 0.271 e. The lowest BCUT2D eigenvalue weighted by atomic mass is 10.3. The van der Waals surface area contributed by atoms with E-state index in [2.05, 4.69) is 16.5 Å². The van der Waals surface area contributed by atoms with E-state index in [1.54, 1.807) is 18.4 Å². The zero-order chi connectivity index (χ0) is 12.3. The van der Waals surface area contributed by atoms with Crippen molar-refractivity contribution in [1.29, 1.82) is 0 Å². The minimum Gasteiger partial charge on any atom is -0.396 e. The van der Waals surface area contributed by atoms with Crippen LogP contribution in [-0.2, 0) is 13.5 Å². The number of thiophene rings is 1. The average Bonchev–Trinajstić information content (AvgIpc) is 2.89. The standard InChI is InChI=1S/C11H14N4OS/c1-15-10(9(12)7-14-15)11(16)13-5-4-8-3-2-6-17-8/h2-3,6-7H,4-5,12H2,1H3,(H,13,16). The number of nitrogen functional groups attached to an aromatic ring is 1. The number of carbonyl (C=O) groups excluding carboxylic acids is 1. The number of aryl methyl sites for hydroxylation is 1. The molecule has 0 unspecified atom stereocenters. The summed E-state index contributed by atoms with van der Waals surface area (Å²) in [6.07, 6.45) is 2.31. The molecule has 0 aliphatic heterocycles. The van der Waals surface area contributed by atoms with Crippen LogP contribution in [0.15, 0.2) is 23.7 Å². The number of nitrogens with zero attached hydrogens (tertiary/aromatic N) is 2. The van der Waals surface area contributed by atoms with E-state index in [0.29, 0.717) is 17.9 Å². The summed E-state index contributed by atoms with van der Waals surface area (Å²) < 4.78 is 1.48. The van der Waals surface area contributed by atoms with Crippen LogP contribution in [0.3, 0.4) is 0 Å². The maximum absolute atomic E-state index is 11.8. The monoisotopic (exact) mass is 250 g/mol. The van der Waals surface area contributed by atoms with Crippen LogP contribution in [0.25, 0.3) is 0 Å². The first kappa shape index (κ1) is 11.7. The second-order valence-corrected chi connectivity index (χ2v) is 4.69. The third kappa shape index (κ3) is 2.65. The highest BCUT2D eigenvalue weighted by Gasteiger charge is 2.13. The summed E-state index contributed by atoms with van der Waals surface area (Å²) in [5.41, 5.74) is 6.48. The number of aromatic nitrogens is 2. The maximum atomic E-state index is 11.8. The Labute approximate surface area is 103 Å². The van der Waals surface area contributed by atoms with Crippen LogP contribution in [0.5, 0.6) is 0 Å². The van der Waals surface area contributed by atoms with E-state index in [0.717, 1.165) is 6.42 Å². The second kappa shape index (κ2) is 5.01. The number of nitrogens with two attached hydrogens (primary N) is 1. The highest BCUT2D eigenvalue weighted by atomic mass is 32.1. The summed E-state index contributed by atoms with van der Waals surface area (Å²) in [5, 5.41) is 8.78. The van der Waals surface area contributed by atoms with Gasteiger partial charge < -0.3 is 11.1 Å². The van der Waals surface area contributed by atoms with Gasteiger partial charge in [-0.2, -0.15) is 5.10 Å². The van der Waals surface area contributed by atoms with Gasteiger partial charge >= 0.3 is 0 Å². The van der Waals surface area contributed by atoms with Crippen LogP contribution in [0.4, 0.5) is 5.69 Å². The van der Waals surface area contributed by atoms with Crippen molar-refractivity contribution in [2.45, 2.75) is 6.42 Å². The number of hydrogen-bond donors (Lipinski definition) is 2. The molecule has 6 heteroatoms. The van der Waals surface area contributed by atoms with Gasteiger partial charge in [-0.1, -0.05) is 6.07 Å². The fourth-order valence-corrected chi connectivity index (χ4v) is 2.28. The van der Waals surface area contributed by atoms with Crippen molar-refractivity contribution >= 4 is 22.9 Å². The molecule has 0 atom stereocenters. The predicted octanol–water partition coefficient (Wildman–Crippen LogP) is 1.04. The molecule has 0 saturated heterocycles. The number of rotatable bonds is 4. The third-order valence-electron chi connectivity index (χ3n) is 2.42. The second-order valence-electron chi connectivity index (χ2n) is 3.66. The fourth-order valence-electron chi connectivity index (χ4n) is 1.57. The number of amides is 1. The van der Waals surface area contributed by atoms with Crippen LogP contribution in [0.1, 0.15) is 15.4 Å². The van der Waals surface area contributed by atoms with Crippen molar-refractivity contribution in [3.8, 4) is 0 Å². The summed E-state index contributed by atoms with van der Waals surface area (Å²) >= 11 is 1.68. The Bertz CT molecular complexity index is 484. The lowest BCUT2D eigenvalue weighted by Crippen LogP contribution is -2.28.